The molecule has 1 saturated carbocycles. The molecule has 0 radical (unpaired) electrons. The smallest absolute Gasteiger partial charge is 0.151 e. The Morgan fingerprint density at radius 3 is 2.05 bits per heavy atom. The highest BCUT2D eigenvalue weighted by molar-refractivity contribution is 5.59. The molecule has 1 aromatic heterocycles. The van der Waals surface area contributed by atoms with Crippen molar-refractivity contribution in [3.63, 3.8) is 0 Å². The van der Waals surface area contributed by atoms with E-state index < -0.39 is 5.67 Å². The van der Waals surface area contributed by atoms with Crippen molar-refractivity contribution in [2.24, 2.45) is 0 Å². The van der Waals surface area contributed by atoms with Crippen molar-refractivity contribution >= 4 is 18.2 Å². The number of hydrogen-bond donors (Lipinski definition) is 0. The third-order valence-electron chi connectivity index (χ3n) is 6.93. The average molecular weight is 597 g/mol. The Morgan fingerprint density at radius 2 is 1.58 bits per heavy atom. The lowest BCUT2D eigenvalue weighted by Gasteiger charge is -2.20. The molecule has 0 saturated heterocycles. The van der Waals surface area contributed by atoms with E-state index in [4.69, 9.17) is 5.10 Å². The van der Waals surface area contributed by atoms with Crippen LogP contribution in [0.2, 0.25) is 0 Å². The Bertz CT molecular complexity index is 1070. The molecule has 3 rings (SSSR count). The Morgan fingerprint density at radius 1 is 0.977 bits per heavy atom. The van der Waals surface area contributed by atoms with Gasteiger partial charge in [0.2, 0.25) is 0 Å². The van der Waals surface area contributed by atoms with Gasteiger partial charge in [-0.2, -0.15) is 5.10 Å². The van der Waals surface area contributed by atoms with E-state index in [1.165, 1.54) is 63.3 Å². The number of aldehydes is 1. The van der Waals surface area contributed by atoms with Gasteiger partial charge in [-0.1, -0.05) is 59.4 Å². The first-order chi connectivity index (χ1) is 20.4. The van der Waals surface area contributed by atoms with Crippen LogP contribution in [0, 0.1) is 0 Å². The van der Waals surface area contributed by atoms with Crippen LogP contribution in [0.15, 0.2) is 43.5 Å². The molecule has 0 unspecified atom stereocenters. The second-order valence-corrected chi connectivity index (χ2v) is 12.7. The summed E-state index contributed by atoms with van der Waals surface area (Å²) in [6.07, 6.45) is 12.7. The average Bonchev–Trinajstić information content (AvgIpc) is 3.70. The Hall–Kier alpha value is -2.73. The fraction of sp³-hybridized carbons (Fsp3) is 0.622. The maximum Gasteiger partial charge on any atom is 0.151 e. The second-order valence-electron chi connectivity index (χ2n) is 12.7. The Kier molecular flexibility index (Phi) is 18.1. The third kappa shape index (κ3) is 15.0. The lowest BCUT2D eigenvalue weighted by Crippen LogP contribution is -2.26. The molecule has 0 spiro atoms. The number of anilines is 1. The molecule has 2 aromatic rings. The number of nitrogens with zero attached hydrogens (tertiary/aromatic N) is 4. The van der Waals surface area contributed by atoms with E-state index in [0.29, 0.717) is 12.3 Å². The summed E-state index contributed by atoms with van der Waals surface area (Å²) >= 11 is 0. The van der Waals surface area contributed by atoms with Gasteiger partial charge in [-0.15, -0.1) is 6.58 Å². The van der Waals surface area contributed by atoms with Gasteiger partial charge in [0.15, 0.2) is 5.82 Å². The molecule has 0 atom stereocenters. The molecule has 5 nitrogen and oxygen atoms in total. The number of rotatable bonds is 17. The molecule has 1 aliphatic rings. The predicted molar refractivity (Wildman–Crippen MR) is 186 cm³/mol. The molecule has 1 aromatic carbocycles. The van der Waals surface area contributed by atoms with E-state index in [9.17, 15) is 9.18 Å². The summed E-state index contributed by atoms with van der Waals surface area (Å²) < 4.78 is 13.8. The van der Waals surface area contributed by atoms with Crippen molar-refractivity contribution in [2.75, 3.05) is 37.6 Å². The first-order valence-corrected chi connectivity index (χ1v) is 16.5. The molecule has 0 bridgehead atoms. The summed E-state index contributed by atoms with van der Waals surface area (Å²) in [4.78, 5) is 14.8. The molecule has 0 aliphatic heterocycles. The maximum atomic E-state index is 11.7. The zero-order chi connectivity index (χ0) is 32.4. The number of alkyl halides is 1. The molecule has 0 amide bonds. The molecule has 1 heterocycles. The van der Waals surface area contributed by atoms with Gasteiger partial charge in [0.25, 0.3) is 0 Å². The van der Waals surface area contributed by atoms with Crippen LogP contribution in [0.4, 0.5) is 10.2 Å². The lowest BCUT2D eigenvalue weighted by atomic mass is 10.0. The minimum absolute atomic E-state index is 0.407. The van der Waals surface area contributed by atoms with Gasteiger partial charge in [-0.05, 0) is 107 Å². The quantitative estimate of drug-likeness (QED) is 0.135. The van der Waals surface area contributed by atoms with Gasteiger partial charge in [0.1, 0.15) is 12.0 Å². The number of hydrogen-bond acceptors (Lipinski definition) is 4. The van der Waals surface area contributed by atoms with Crippen molar-refractivity contribution in [3.05, 3.63) is 60.3 Å². The number of carbonyl (C=O) groups is 1. The number of aromatic nitrogens is 2. The Balaban J connectivity index is 0.000000480. The van der Waals surface area contributed by atoms with Gasteiger partial charge >= 0.3 is 0 Å². The second kappa shape index (κ2) is 20.3. The molecule has 242 valence electrons. The standard InChI is InChI=1S/C24H33N3.C9H19NO.C4H9F/c1-6-9-15-26(14-7-2)24-17-23(18(4)5)27(25-24)21-12-13-22(20-10-11-20)19(8-3)16-21;1-3-6-10(7-4-2)8-5-9-11;1-4(2,3)5/h6,8,12-13,16-18,20H,1,3,7,9-11,14-15H2,2,4-5H3;9H,3-8H2,1-2H3;1-3H3. The fourth-order valence-corrected chi connectivity index (χ4v) is 4.85. The highest BCUT2D eigenvalue weighted by Gasteiger charge is 2.26. The van der Waals surface area contributed by atoms with Gasteiger partial charge in [0, 0.05) is 37.8 Å². The van der Waals surface area contributed by atoms with Crippen LogP contribution >= 0.6 is 0 Å². The third-order valence-corrected chi connectivity index (χ3v) is 6.93. The SMILES string of the molecule is C=CCCN(CCC)c1cc(C(C)C)n(-c2ccc(C3CC3)c(C=C)c2)n1.CC(C)(C)F.CCCN(CCC)CCC=O. The highest BCUT2D eigenvalue weighted by atomic mass is 19.1. The van der Waals surface area contributed by atoms with Crippen LogP contribution in [0.5, 0.6) is 0 Å². The van der Waals surface area contributed by atoms with E-state index in [1.807, 2.05) is 12.2 Å². The van der Waals surface area contributed by atoms with Crippen molar-refractivity contribution < 1.29 is 9.18 Å². The number of halogens is 1. The fourth-order valence-electron chi connectivity index (χ4n) is 4.85. The first kappa shape index (κ1) is 38.3. The summed E-state index contributed by atoms with van der Waals surface area (Å²) in [6, 6.07) is 9.00. The van der Waals surface area contributed by atoms with Crippen LogP contribution in [0.25, 0.3) is 11.8 Å². The minimum atomic E-state index is -1.00. The maximum absolute atomic E-state index is 11.7. The van der Waals surface area contributed by atoms with Gasteiger partial charge in [-0.25, -0.2) is 9.07 Å². The van der Waals surface area contributed by atoms with E-state index in [0.717, 1.165) is 69.3 Å². The first-order valence-electron chi connectivity index (χ1n) is 16.5. The van der Waals surface area contributed by atoms with Crippen molar-refractivity contribution in [2.45, 2.75) is 118 Å². The minimum Gasteiger partial charge on any atom is -0.355 e. The zero-order valence-corrected chi connectivity index (χ0v) is 28.7. The normalized spacial score (nSPS) is 12.7. The van der Waals surface area contributed by atoms with Crippen molar-refractivity contribution in [3.8, 4) is 5.69 Å². The topological polar surface area (TPSA) is 41.4 Å². The van der Waals surface area contributed by atoms with E-state index in [2.05, 4.69) is 86.5 Å². The van der Waals surface area contributed by atoms with Crippen LogP contribution < -0.4 is 4.90 Å². The van der Waals surface area contributed by atoms with Crippen LogP contribution in [0.1, 0.15) is 129 Å². The molecule has 6 heteroatoms. The summed E-state index contributed by atoms with van der Waals surface area (Å²) in [5.74, 6) is 2.20. The summed E-state index contributed by atoms with van der Waals surface area (Å²) in [6.45, 7) is 28.7. The van der Waals surface area contributed by atoms with E-state index in [1.54, 1.807) is 0 Å². The van der Waals surface area contributed by atoms with E-state index >= 15 is 0 Å². The molecular weight excluding hydrogens is 535 g/mol. The van der Waals surface area contributed by atoms with Crippen molar-refractivity contribution in [1.82, 2.24) is 14.7 Å². The highest BCUT2D eigenvalue weighted by Crippen LogP contribution is 2.42. The summed E-state index contributed by atoms with van der Waals surface area (Å²) in [7, 11) is 0. The van der Waals surface area contributed by atoms with Crippen molar-refractivity contribution in [1.29, 1.82) is 0 Å². The zero-order valence-electron chi connectivity index (χ0n) is 28.7. The van der Waals surface area contributed by atoms with Gasteiger partial charge in [0.05, 0.1) is 5.69 Å². The van der Waals surface area contributed by atoms with E-state index in [-0.39, 0.29) is 0 Å². The molecule has 0 N–H and O–H groups in total. The molecule has 1 aliphatic carbocycles. The largest absolute Gasteiger partial charge is 0.355 e. The van der Waals surface area contributed by atoms with Gasteiger partial charge in [-0.3, -0.25) is 0 Å². The molecule has 43 heavy (non-hydrogen) atoms. The van der Waals surface area contributed by atoms with Crippen LogP contribution in [-0.4, -0.2) is 59.4 Å². The Labute approximate surface area is 263 Å². The van der Waals surface area contributed by atoms with Crippen LogP contribution in [-0.2, 0) is 4.79 Å². The molecule has 1 fully saturated rings. The number of carbonyl (C=O) groups excluding carboxylic acids is 1. The van der Waals surface area contributed by atoms with Gasteiger partial charge < -0.3 is 14.6 Å². The monoisotopic (exact) mass is 596 g/mol. The summed E-state index contributed by atoms with van der Waals surface area (Å²) in [5.41, 5.74) is 4.06. The predicted octanol–water partition coefficient (Wildman–Crippen LogP) is 9.76. The molecular formula is C37H61FN4O. The lowest BCUT2D eigenvalue weighted by molar-refractivity contribution is -0.108. The summed E-state index contributed by atoms with van der Waals surface area (Å²) in [5, 5.41) is 5.01. The van der Waals surface area contributed by atoms with Crippen LogP contribution in [0.3, 0.4) is 0 Å². The number of benzene rings is 1.